The van der Waals surface area contributed by atoms with Crippen LogP contribution in [-0.4, -0.2) is 0 Å². The van der Waals surface area contributed by atoms with Crippen LogP contribution in [0.4, 0.5) is 0 Å². The summed E-state index contributed by atoms with van der Waals surface area (Å²) in [4.78, 5) is 0. The standard InChI is InChI=1S/C9H16/c1-5-7-8-9(3,4)6-2/h6-8H,2,5H2,1,3-4H3. The molecule has 0 heterocycles. The molecule has 52 valence electrons. The minimum atomic E-state index is 0.177. The first-order chi connectivity index (χ1) is 4.12. The zero-order chi connectivity index (χ0) is 7.33. The Morgan fingerprint density at radius 1 is 1.44 bits per heavy atom. The second kappa shape index (κ2) is 3.49. The van der Waals surface area contributed by atoms with E-state index in [1.807, 2.05) is 6.08 Å². The van der Waals surface area contributed by atoms with Crippen LogP contribution in [0.3, 0.4) is 0 Å². The summed E-state index contributed by atoms with van der Waals surface area (Å²) in [7, 11) is 0. The Bertz CT molecular complexity index is 107. The third-order valence-corrected chi connectivity index (χ3v) is 1.31. The van der Waals surface area contributed by atoms with E-state index in [1.54, 1.807) is 0 Å². The summed E-state index contributed by atoms with van der Waals surface area (Å²) in [5.74, 6) is 0. The molecule has 0 nitrogen and oxygen atoms in total. The highest BCUT2D eigenvalue weighted by Crippen LogP contribution is 2.17. The predicted molar refractivity (Wildman–Crippen MR) is 43.4 cm³/mol. The van der Waals surface area contributed by atoms with Gasteiger partial charge in [0.05, 0.1) is 0 Å². The van der Waals surface area contributed by atoms with Crippen LogP contribution in [0.15, 0.2) is 24.8 Å². The zero-order valence-electron chi connectivity index (χ0n) is 6.65. The van der Waals surface area contributed by atoms with Gasteiger partial charge in [0.25, 0.3) is 0 Å². The van der Waals surface area contributed by atoms with Crippen LogP contribution >= 0.6 is 0 Å². The van der Waals surface area contributed by atoms with E-state index in [0.29, 0.717) is 0 Å². The van der Waals surface area contributed by atoms with Crippen molar-refractivity contribution >= 4 is 0 Å². The maximum atomic E-state index is 3.73. The van der Waals surface area contributed by atoms with Gasteiger partial charge in [-0.3, -0.25) is 0 Å². The van der Waals surface area contributed by atoms with Gasteiger partial charge in [0.1, 0.15) is 0 Å². The van der Waals surface area contributed by atoms with Gasteiger partial charge in [-0.1, -0.05) is 39.0 Å². The van der Waals surface area contributed by atoms with Crippen LogP contribution in [0.25, 0.3) is 0 Å². The van der Waals surface area contributed by atoms with Gasteiger partial charge in [-0.25, -0.2) is 0 Å². The molecule has 0 aromatic carbocycles. The van der Waals surface area contributed by atoms with E-state index >= 15 is 0 Å². The number of hydrogen-bond donors (Lipinski definition) is 0. The van der Waals surface area contributed by atoms with Gasteiger partial charge in [-0.2, -0.15) is 0 Å². The van der Waals surface area contributed by atoms with Crippen molar-refractivity contribution in [2.45, 2.75) is 27.2 Å². The molecule has 0 aromatic rings. The summed E-state index contributed by atoms with van der Waals surface area (Å²) < 4.78 is 0. The summed E-state index contributed by atoms with van der Waals surface area (Å²) >= 11 is 0. The molecule has 0 bridgehead atoms. The van der Waals surface area contributed by atoms with Crippen LogP contribution in [0.5, 0.6) is 0 Å². The monoisotopic (exact) mass is 124 g/mol. The van der Waals surface area contributed by atoms with Gasteiger partial charge in [0.15, 0.2) is 0 Å². The molecule has 0 spiro atoms. The van der Waals surface area contributed by atoms with Gasteiger partial charge in [0.2, 0.25) is 0 Å². The summed E-state index contributed by atoms with van der Waals surface area (Å²) in [5.41, 5.74) is 0.177. The van der Waals surface area contributed by atoms with Crippen molar-refractivity contribution in [3.63, 3.8) is 0 Å². The highest BCUT2D eigenvalue weighted by Gasteiger charge is 2.05. The van der Waals surface area contributed by atoms with E-state index in [-0.39, 0.29) is 5.41 Å². The fourth-order valence-corrected chi connectivity index (χ4v) is 0.490. The zero-order valence-corrected chi connectivity index (χ0v) is 6.65. The van der Waals surface area contributed by atoms with Gasteiger partial charge in [-0.15, -0.1) is 6.58 Å². The topological polar surface area (TPSA) is 0 Å². The predicted octanol–water partition coefficient (Wildman–Crippen LogP) is 3.16. The van der Waals surface area contributed by atoms with Crippen LogP contribution < -0.4 is 0 Å². The molecule has 0 atom stereocenters. The van der Waals surface area contributed by atoms with Crippen molar-refractivity contribution in [2.24, 2.45) is 5.41 Å². The minimum absolute atomic E-state index is 0.177. The van der Waals surface area contributed by atoms with E-state index < -0.39 is 0 Å². The number of rotatable bonds is 3. The molecule has 9 heavy (non-hydrogen) atoms. The molecule has 0 aliphatic carbocycles. The first kappa shape index (κ1) is 8.48. The molecule has 0 rings (SSSR count). The number of hydrogen-bond acceptors (Lipinski definition) is 0. The maximum Gasteiger partial charge on any atom is 0.000172 e. The average molecular weight is 124 g/mol. The first-order valence-electron chi connectivity index (χ1n) is 3.43. The second-order valence-electron chi connectivity index (χ2n) is 2.84. The molecular weight excluding hydrogens is 108 g/mol. The van der Waals surface area contributed by atoms with Crippen molar-refractivity contribution < 1.29 is 0 Å². The molecule has 0 fully saturated rings. The van der Waals surface area contributed by atoms with Crippen LogP contribution in [0, 0.1) is 5.41 Å². The lowest BCUT2D eigenvalue weighted by atomic mass is 9.93. The summed E-state index contributed by atoms with van der Waals surface area (Å²) in [6.07, 6.45) is 7.41. The van der Waals surface area contributed by atoms with Crippen molar-refractivity contribution in [1.82, 2.24) is 0 Å². The quantitative estimate of drug-likeness (QED) is 0.507. The molecule has 0 amide bonds. The lowest BCUT2D eigenvalue weighted by Crippen LogP contribution is -2.00. The van der Waals surface area contributed by atoms with E-state index in [9.17, 15) is 0 Å². The molecule has 0 saturated carbocycles. The third kappa shape index (κ3) is 4.01. The lowest BCUT2D eigenvalue weighted by molar-refractivity contribution is 0.625. The largest absolute Gasteiger partial charge is 0.102 e. The molecule has 0 radical (unpaired) electrons. The summed E-state index contributed by atoms with van der Waals surface area (Å²) in [6, 6.07) is 0. The smallest absolute Gasteiger partial charge is 0.000172 e. The Kier molecular flexibility index (Phi) is 3.29. The molecule has 0 unspecified atom stereocenters. The van der Waals surface area contributed by atoms with Gasteiger partial charge in [-0.05, 0) is 6.42 Å². The Morgan fingerprint density at radius 3 is 2.33 bits per heavy atom. The van der Waals surface area contributed by atoms with Crippen molar-refractivity contribution in [3.8, 4) is 0 Å². The van der Waals surface area contributed by atoms with E-state index in [0.717, 1.165) is 6.42 Å². The van der Waals surface area contributed by atoms with E-state index in [4.69, 9.17) is 0 Å². The van der Waals surface area contributed by atoms with Crippen LogP contribution in [0.2, 0.25) is 0 Å². The van der Waals surface area contributed by atoms with Crippen molar-refractivity contribution in [1.29, 1.82) is 0 Å². The Morgan fingerprint density at radius 2 is 2.00 bits per heavy atom. The highest BCUT2D eigenvalue weighted by atomic mass is 14.1. The molecule has 0 heteroatoms. The Balaban J connectivity index is 3.84. The second-order valence-corrected chi connectivity index (χ2v) is 2.84. The summed E-state index contributed by atoms with van der Waals surface area (Å²) in [5, 5.41) is 0. The van der Waals surface area contributed by atoms with Gasteiger partial charge >= 0.3 is 0 Å². The Labute approximate surface area is 58.3 Å². The SMILES string of the molecule is C=CC(C)(C)C=CCC. The molecule has 0 aliphatic heterocycles. The molecule has 0 aromatic heterocycles. The highest BCUT2D eigenvalue weighted by molar-refractivity contribution is 5.03. The van der Waals surface area contributed by atoms with E-state index in [1.165, 1.54) is 0 Å². The normalized spacial score (nSPS) is 12.3. The average Bonchev–Trinajstić information content (AvgIpc) is 1.84. The van der Waals surface area contributed by atoms with Gasteiger partial charge in [0, 0.05) is 5.41 Å². The molecular formula is C9H16. The Hall–Kier alpha value is -0.520. The fraction of sp³-hybridized carbons (Fsp3) is 0.556. The number of allylic oxidation sites excluding steroid dienone is 3. The molecule has 0 N–H and O–H groups in total. The van der Waals surface area contributed by atoms with Crippen LogP contribution in [0.1, 0.15) is 27.2 Å². The lowest BCUT2D eigenvalue weighted by Gasteiger charge is -2.12. The van der Waals surface area contributed by atoms with Crippen molar-refractivity contribution in [2.75, 3.05) is 0 Å². The molecule has 0 aliphatic rings. The van der Waals surface area contributed by atoms with E-state index in [2.05, 4.69) is 39.5 Å². The molecule has 0 saturated heterocycles. The third-order valence-electron chi connectivity index (χ3n) is 1.31. The van der Waals surface area contributed by atoms with Gasteiger partial charge < -0.3 is 0 Å². The first-order valence-corrected chi connectivity index (χ1v) is 3.43. The maximum absolute atomic E-state index is 3.73. The van der Waals surface area contributed by atoms with Crippen molar-refractivity contribution in [3.05, 3.63) is 24.8 Å². The minimum Gasteiger partial charge on any atom is -0.102 e. The fourth-order valence-electron chi connectivity index (χ4n) is 0.490. The summed E-state index contributed by atoms with van der Waals surface area (Å²) in [6.45, 7) is 10.2. The van der Waals surface area contributed by atoms with Crippen LogP contribution in [-0.2, 0) is 0 Å².